The van der Waals surface area contributed by atoms with E-state index in [0.717, 1.165) is 0 Å². The van der Waals surface area contributed by atoms with Crippen molar-refractivity contribution >= 4 is 14.4 Å². The summed E-state index contributed by atoms with van der Waals surface area (Å²) in [6, 6.07) is 8.22. The zero-order valence-electron chi connectivity index (χ0n) is 9.96. The van der Waals surface area contributed by atoms with E-state index in [-0.39, 0.29) is 14.5 Å². The van der Waals surface area contributed by atoms with Crippen molar-refractivity contribution in [3.8, 4) is 0 Å². The summed E-state index contributed by atoms with van der Waals surface area (Å²) in [4.78, 5) is 11.9. The van der Waals surface area contributed by atoms with Gasteiger partial charge in [0.2, 0.25) is 8.46 Å². The molecule has 0 bridgehead atoms. The molecule has 2 unspecified atom stereocenters. The lowest BCUT2D eigenvalue weighted by molar-refractivity contribution is -0.173. The van der Waals surface area contributed by atoms with Gasteiger partial charge >= 0.3 is 11.5 Å². The van der Waals surface area contributed by atoms with E-state index in [1.807, 2.05) is 0 Å². The largest absolute Gasteiger partial charge is 0.416 e. The highest BCUT2D eigenvalue weighted by Crippen LogP contribution is 2.33. The molecule has 0 spiro atoms. The summed E-state index contributed by atoms with van der Waals surface area (Å²) in [5.74, 6) is -0.547. The first kappa shape index (κ1) is 13.1. The van der Waals surface area contributed by atoms with Crippen LogP contribution in [0.4, 0.5) is 0 Å². The summed E-state index contributed by atoms with van der Waals surface area (Å²) in [7, 11) is -0.368. The molecule has 1 aromatic carbocycles. The van der Waals surface area contributed by atoms with E-state index in [1.165, 1.54) is 0 Å². The van der Waals surface area contributed by atoms with Gasteiger partial charge in [0.05, 0.1) is 18.2 Å². The SMILES string of the molecule is CC1NCCOC1(OC(=O)c1ccccc1)P=O. The minimum atomic E-state index is -1.44. The van der Waals surface area contributed by atoms with Crippen molar-refractivity contribution in [1.82, 2.24) is 5.32 Å². The van der Waals surface area contributed by atoms with Crippen LogP contribution in [0.5, 0.6) is 0 Å². The number of nitrogens with one attached hydrogen (secondary N) is 1. The quantitative estimate of drug-likeness (QED) is 0.668. The number of ether oxygens (including phenoxy) is 2. The highest BCUT2D eigenvalue weighted by Gasteiger charge is 2.45. The van der Waals surface area contributed by atoms with E-state index >= 15 is 0 Å². The molecule has 1 heterocycles. The number of hydrogen-bond acceptors (Lipinski definition) is 5. The maximum Gasteiger partial charge on any atom is 0.341 e. The van der Waals surface area contributed by atoms with Gasteiger partial charge in [0, 0.05) is 6.54 Å². The lowest BCUT2D eigenvalue weighted by atomic mass is 10.2. The van der Waals surface area contributed by atoms with E-state index in [2.05, 4.69) is 5.32 Å². The number of carbonyl (C=O) groups excluding carboxylic acids is 1. The number of rotatable bonds is 3. The summed E-state index contributed by atoms with van der Waals surface area (Å²) in [6.07, 6.45) is 0. The van der Waals surface area contributed by atoms with Gasteiger partial charge in [-0.1, -0.05) is 18.2 Å². The van der Waals surface area contributed by atoms with Crippen LogP contribution >= 0.6 is 8.46 Å². The van der Waals surface area contributed by atoms with Crippen molar-refractivity contribution in [3.05, 3.63) is 35.9 Å². The minimum absolute atomic E-state index is 0.335. The van der Waals surface area contributed by atoms with Crippen LogP contribution in [0, 0.1) is 0 Å². The second-order valence-electron chi connectivity index (χ2n) is 4.00. The van der Waals surface area contributed by atoms with Gasteiger partial charge in [-0.15, -0.1) is 0 Å². The predicted molar refractivity (Wildman–Crippen MR) is 65.6 cm³/mol. The van der Waals surface area contributed by atoms with E-state index in [4.69, 9.17) is 9.47 Å². The molecule has 0 saturated carbocycles. The van der Waals surface area contributed by atoms with Crippen LogP contribution in [0.25, 0.3) is 0 Å². The first-order valence-electron chi connectivity index (χ1n) is 5.68. The molecule has 0 aromatic heterocycles. The summed E-state index contributed by atoms with van der Waals surface area (Å²) in [5, 5.41) is 3.07. The average Bonchev–Trinajstić information content (AvgIpc) is 2.42. The molecule has 5 nitrogen and oxygen atoms in total. The second kappa shape index (κ2) is 5.57. The normalized spacial score (nSPS) is 27.9. The molecule has 96 valence electrons. The van der Waals surface area contributed by atoms with Crippen molar-refractivity contribution < 1.29 is 18.8 Å². The summed E-state index contributed by atoms with van der Waals surface area (Å²) in [6.45, 7) is 2.76. The number of morpholine rings is 1. The van der Waals surface area contributed by atoms with Crippen LogP contribution in [0.1, 0.15) is 17.3 Å². The highest BCUT2D eigenvalue weighted by molar-refractivity contribution is 7.25. The Kier molecular flexibility index (Phi) is 4.07. The van der Waals surface area contributed by atoms with Crippen LogP contribution in [-0.4, -0.2) is 30.7 Å². The Labute approximate surface area is 107 Å². The molecule has 1 N–H and O–H groups in total. The van der Waals surface area contributed by atoms with Crippen LogP contribution in [0.15, 0.2) is 30.3 Å². The molecule has 0 amide bonds. The van der Waals surface area contributed by atoms with Crippen LogP contribution in [-0.2, 0) is 14.0 Å². The molecule has 1 fully saturated rings. The molecule has 18 heavy (non-hydrogen) atoms. The Morgan fingerprint density at radius 3 is 2.83 bits per heavy atom. The number of carbonyl (C=O) groups is 1. The fraction of sp³-hybridized carbons (Fsp3) is 0.417. The Morgan fingerprint density at radius 2 is 2.22 bits per heavy atom. The molecule has 2 rings (SSSR count). The first-order chi connectivity index (χ1) is 8.68. The van der Waals surface area contributed by atoms with E-state index < -0.39 is 11.5 Å². The van der Waals surface area contributed by atoms with E-state index in [1.54, 1.807) is 37.3 Å². The Bertz CT molecular complexity index is 439. The molecule has 1 aliphatic heterocycles. The zero-order valence-corrected chi connectivity index (χ0v) is 10.9. The molecule has 1 aromatic rings. The molecule has 2 atom stereocenters. The third-order valence-corrected chi connectivity index (χ3v) is 3.65. The topological polar surface area (TPSA) is 64.6 Å². The van der Waals surface area contributed by atoms with Crippen LogP contribution < -0.4 is 5.32 Å². The van der Waals surface area contributed by atoms with Gasteiger partial charge in [0.1, 0.15) is 0 Å². The predicted octanol–water partition coefficient (Wildman–Crippen LogP) is 1.80. The smallest absolute Gasteiger partial charge is 0.341 e. The van der Waals surface area contributed by atoms with Gasteiger partial charge in [-0.3, -0.25) is 4.57 Å². The van der Waals surface area contributed by atoms with Gasteiger partial charge in [-0.25, -0.2) is 4.79 Å². The van der Waals surface area contributed by atoms with Gasteiger partial charge in [0.25, 0.3) is 0 Å². The first-order valence-corrected chi connectivity index (χ1v) is 6.49. The minimum Gasteiger partial charge on any atom is -0.416 e. The zero-order chi connectivity index (χ0) is 13.0. The number of hydrogen-bond donors (Lipinski definition) is 1. The lowest BCUT2D eigenvalue weighted by Gasteiger charge is -2.36. The molecule has 0 aliphatic carbocycles. The van der Waals surface area contributed by atoms with Gasteiger partial charge in [-0.05, 0) is 19.1 Å². The summed E-state index contributed by atoms with van der Waals surface area (Å²) in [5.41, 5.74) is -1.03. The third-order valence-electron chi connectivity index (χ3n) is 2.78. The average molecular weight is 267 g/mol. The fourth-order valence-electron chi connectivity index (χ4n) is 1.73. The molecule has 1 aliphatic rings. The van der Waals surface area contributed by atoms with Gasteiger partial charge in [0.15, 0.2) is 0 Å². The Hall–Kier alpha value is -1.29. The Morgan fingerprint density at radius 1 is 1.50 bits per heavy atom. The molecule has 6 heteroatoms. The maximum absolute atomic E-state index is 11.9. The molecular weight excluding hydrogens is 253 g/mol. The second-order valence-corrected chi connectivity index (χ2v) is 4.81. The monoisotopic (exact) mass is 267 g/mol. The standard InChI is InChI=1S/C12H14NO4P/c1-9-12(18-15,16-8-7-13-9)17-11(14)10-5-3-2-4-6-10/h2-6,9,13H,7-8H2,1H3. The van der Waals surface area contributed by atoms with Crippen LogP contribution in [0.2, 0.25) is 0 Å². The van der Waals surface area contributed by atoms with Crippen molar-refractivity contribution in [2.75, 3.05) is 13.2 Å². The summed E-state index contributed by atoms with van der Waals surface area (Å²) >= 11 is 0. The van der Waals surface area contributed by atoms with Crippen molar-refractivity contribution in [2.45, 2.75) is 18.5 Å². The van der Waals surface area contributed by atoms with Crippen molar-refractivity contribution in [3.63, 3.8) is 0 Å². The molecular formula is C12H14NO4P. The summed E-state index contributed by atoms with van der Waals surface area (Å²) < 4.78 is 22.0. The highest BCUT2D eigenvalue weighted by atomic mass is 31.1. The molecule has 1 saturated heterocycles. The Balaban J connectivity index is 2.15. The maximum atomic E-state index is 11.9. The van der Waals surface area contributed by atoms with Gasteiger partial charge in [-0.2, -0.15) is 0 Å². The van der Waals surface area contributed by atoms with Crippen molar-refractivity contribution in [2.24, 2.45) is 0 Å². The number of benzene rings is 1. The molecule has 0 radical (unpaired) electrons. The van der Waals surface area contributed by atoms with Crippen LogP contribution in [0.3, 0.4) is 0 Å². The number of esters is 1. The van der Waals surface area contributed by atoms with Crippen molar-refractivity contribution in [1.29, 1.82) is 0 Å². The fourth-order valence-corrected chi connectivity index (χ4v) is 2.25. The van der Waals surface area contributed by atoms with E-state index in [9.17, 15) is 9.36 Å². The van der Waals surface area contributed by atoms with Gasteiger partial charge < -0.3 is 14.8 Å². The third kappa shape index (κ3) is 2.58. The van der Waals surface area contributed by atoms with E-state index in [0.29, 0.717) is 18.7 Å². The lowest BCUT2D eigenvalue weighted by Crippen LogP contribution is -2.55.